The third-order valence-electron chi connectivity index (χ3n) is 6.59. The average molecular weight is 515 g/mol. The molecule has 184 valence electrons. The summed E-state index contributed by atoms with van der Waals surface area (Å²) in [4.78, 5) is 35.9. The van der Waals surface area contributed by atoms with Gasteiger partial charge < -0.3 is 25.2 Å². The number of nitrogens with one attached hydrogen (secondary N) is 2. The summed E-state index contributed by atoms with van der Waals surface area (Å²) in [6, 6.07) is 7.18. The van der Waals surface area contributed by atoms with Gasteiger partial charge in [0.05, 0.1) is 38.5 Å². The van der Waals surface area contributed by atoms with Crippen molar-refractivity contribution in [3.8, 4) is 0 Å². The molecule has 3 aromatic heterocycles. The lowest BCUT2D eigenvalue weighted by Gasteiger charge is -2.18. The summed E-state index contributed by atoms with van der Waals surface area (Å²) in [5.74, 6) is 1.11. The summed E-state index contributed by atoms with van der Waals surface area (Å²) >= 11 is 7.96. The van der Waals surface area contributed by atoms with Crippen LogP contribution in [0.25, 0.3) is 11.0 Å². The van der Waals surface area contributed by atoms with Crippen LogP contribution in [0.3, 0.4) is 0 Å². The number of amides is 1. The zero-order chi connectivity index (χ0) is 24.5. The SMILES string of the molecule is Cn1c(=O)ccc2ncc(Cl)c(CCN3C[C@@H](CNCc4ccc5c(n4)NC(=O)CS5)[C@@H](O)C3)c21. The first-order valence-electron chi connectivity index (χ1n) is 11.6. The monoisotopic (exact) mass is 514 g/mol. The molecule has 1 fully saturated rings. The molecule has 11 heteroatoms. The summed E-state index contributed by atoms with van der Waals surface area (Å²) in [6.45, 7) is 3.29. The number of thioether (sulfide) groups is 1. The highest BCUT2D eigenvalue weighted by molar-refractivity contribution is 8.00. The minimum absolute atomic E-state index is 0.0300. The van der Waals surface area contributed by atoms with Crippen LogP contribution in [0.4, 0.5) is 5.82 Å². The Morgan fingerprint density at radius 2 is 2.11 bits per heavy atom. The molecule has 5 rings (SSSR count). The largest absolute Gasteiger partial charge is 0.391 e. The number of rotatable bonds is 7. The number of aliphatic hydroxyl groups is 1. The van der Waals surface area contributed by atoms with Crippen LogP contribution in [0.2, 0.25) is 5.02 Å². The number of carbonyl (C=O) groups is 1. The number of fused-ring (bicyclic) bond motifs is 2. The molecule has 2 aliphatic rings. The third-order valence-corrected chi connectivity index (χ3v) is 7.96. The summed E-state index contributed by atoms with van der Waals surface area (Å²) in [6.07, 6.45) is 1.86. The number of anilines is 1. The number of aromatic nitrogens is 3. The van der Waals surface area contributed by atoms with Crippen LogP contribution in [0.15, 0.2) is 40.2 Å². The molecule has 0 aliphatic carbocycles. The van der Waals surface area contributed by atoms with E-state index in [-0.39, 0.29) is 17.4 Å². The second-order valence-corrected chi connectivity index (χ2v) is 10.4. The molecule has 2 aliphatic heterocycles. The number of hydrogen-bond donors (Lipinski definition) is 3. The minimum Gasteiger partial charge on any atom is -0.391 e. The summed E-state index contributed by atoms with van der Waals surface area (Å²) < 4.78 is 1.59. The predicted molar refractivity (Wildman–Crippen MR) is 137 cm³/mol. The van der Waals surface area contributed by atoms with E-state index >= 15 is 0 Å². The number of nitrogens with zero attached hydrogens (tertiary/aromatic N) is 4. The van der Waals surface area contributed by atoms with Crippen molar-refractivity contribution in [3.05, 3.63) is 57.1 Å². The number of hydrogen-bond acceptors (Lipinski definition) is 8. The highest BCUT2D eigenvalue weighted by Gasteiger charge is 2.31. The van der Waals surface area contributed by atoms with Gasteiger partial charge in [0.15, 0.2) is 0 Å². The molecule has 0 bridgehead atoms. The maximum Gasteiger partial charge on any atom is 0.250 e. The van der Waals surface area contributed by atoms with Gasteiger partial charge in [0.25, 0.3) is 5.56 Å². The van der Waals surface area contributed by atoms with Crippen molar-refractivity contribution in [3.63, 3.8) is 0 Å². The second-order valence-electron chi connectivity index (χ2n) is 9.00. The molecule has 0 aromatic carbocycles. The molecule has 9 nitrogen and oxygen atoms in total. The molecule has 0 unspecified atom stereocenters. The normalized spacial score (nSPS) is 20.3. The maximum absolute atomic E-state index is 12.1. The zero-order valence-electron chi connectivity index (χ0n) is 19.3. The first kappa shape index (κ1) is 24.2. The number of pyridine rings is 3. The molecule has 0 saturated carbocycles. The smallest absolute Gasteiger partial charge is 0.250 e. The fraction of sp³-hybridized carbons (Fsp3) is 0.417. The number of aliphatic hydroxyl groups excluding tert-OH is 1. The molecule has 2 atom stereocenters. The number of carbonyl (C=O) groups excluding carboxylic acids is 1. The van der Waals surface area contributed by atoms with Crippen LogP contribution in [-0.4, -0.2) is 68.5 Å². The van der Waals surface area contributed by atoms with E-state index in [0.29, 0.717) is 42.6 Å². The van der Waals surface area contributed by atoms with Crippen molar-refractivity contribution >= 4 is 46.1 Å². The Morgan fingerprint density at radius 3 is 2.97 bits per heavy atom. The van der Waals surface area contributed by atoms with Crippen LogP contribution in [0.1, 0.15) is 11.3 Å². The molecule has 5 heterocycles. The van der Waals surface area contributed by atoms with E-state index < -0.39 is 6.10 Å². The topological polar surface area (TPSA) is 112 Å². The Morgan fingerprint density at radius 1 is 1.26 bits per heavy atom. The zero-order valence-corrected chi connectivity index (χ0v) is 20.9. The van der Waals surface area contributed by atoms with E-state index in [2.05, 4.69) is 25.5 Å². The van der Waals surface area contributed by atoms with Gasteiger partial charge >= 0.3 is 0 Å². The van der Waals surface area contributed by atoms with Crippen LogP contribution in [0.5, 0.6) is 0 Å². The Bertz CT molecular complexity index is 1330. The lowest BCUT2D eigenvalue weighted by molar-refractivity contribution is -0.113. The van der Waals surface area contributed by atoms with Crippen molar-refractivity contribution in [2.24, 2.45) is 13.0 Å². The van der Waals surface area contributed by atoms with Gasteiger partial charge in [-0.15, -0.1) is 11.8 Å². The third kappa shape index (κ3) is 5.22. The summed E-state index contributed by atoms with van der Waals surface area (Å²) in [5.41, 5.74) is 3.15. The predicted octanol–water partition coefficient (Wildman–Crippen LogP) is 1.65. The molecule has 0 radical (unpaired) electrons. The quantitative estimate of drug-likeness (QED) is 0.436. The van der Waals surface area contributed by atoms with E-state index in [1.165, 1.54) is 17.8 Å². The number of halogens is 1. The molecule has 1 saturated heterocycles. The molecule has 0 spiro atoms. The highest BCUT2D eigenvalue weighted by atomic mass is 35.5. The summed E-state index contributed by atoms with van der Waals surface area (Å²) in [7, 11) is 1.73. The first-order valence-corrected chi connectivity index (χ1v) is 12.9. The lowest BCUT2D eigenvalue weighted by Crippen LogP contribution is -2.30. The van der Waals surface area contributed by atoms with Gasteiger partial charge in [-0.3, -0.25) is 14.6 Å². The molecule has 35 heavy (non-hydrogen) atoms. The fourth-order valence-electron chi connectivity index (χ4n) is 4.72. The lowest BCUT2D eigenvalue weighted by atomic mass is 10.1. The van der Waals surface area contributed by atoms with E-state index in [0.717, 1.165) is 40.3 Å². The van der Waals surface area contributed by atoms with Gasteiger partial charge in [-0.2, -0.15) is 0 Å². The second kappa shape index (κ2) is 10.2. The van der Waals surface area contributed by atoms with Crippen molar-refractivity contribution in [1.82, 2.24) is 24.8 Å². The molecule has 3 aromatic rings. The van der Waals surface area contributed by atoms with Crippen molar-refractivity contribution < 1.29 is 9.90 Å². The van der Waals surface area contributed by atoms with Crippen LogP contribution < -0.4 is 16.2 Å². The average Bonchev–Trinajstić information content (AvgIpc) is 3.19. The summed E-state index contributed by atoms with van der Waals surface area (Å²) in [5, 5.41) is 17.4. The van der Waals surface area contributed by atoms with Crippen LogP contribution in [-0.2, 0) is 24.8 Å². The Labute approximate surface area is 211 Å². The van der Waals surface area contributed by atoms with Gasteiger partial charge in [0.2, 0.25) is 5.91 Å². The van der Waals surface area contributed by atoms with Crippen molar-refractivity contribution in [1.29, 1.82) is 0 Å². The van der Waals surface area contributed by atoms with Crippen molar-refractivity contribution in [2.75, 3.05) is 37.2 Å². The molecular formula is C24H27ClN6O3S. The van der Waals surface area contributed by atoms with Crippen LogP contribution in [0, 0.1) is 5.92 Å². The van der Waals surface area contributed by atoms with Gasteiger partial charge in [-0.1, -0.05) is 11.6 Å². The Hall–Kier alpha value is -2.50. The number of likely N-dealkylation sites (tertiary alicyclic amines) is 1. The molecule has 3 N–H and O–H groups in total. The standard InChI is InChI=1S/C24H27ClN6O3S/c1-30-22(34)5-3-18-23(30)16(17(25)10-27-18)6-7-31-11-14(19(32)12-31)8-26-9-15-2-4-20-24(28-15)29-21(33)13-35-20/h2-5,10,14,19,26,32H,6-9,11-13H2,1H3,(H,28,29,33)/t14-,19+/m1/s1. The molecule has 1 amide bonds. The van der Waals surface area contributed by atoms with Gasteiger partial charge in [0, 0.05) is 58.0 Å². The van der Waals surface area contributed by atoms with E-state index in [9.17, 15) is 14.7 Å². The van der Waals surface area contributed by atoms with Crippen molar-refractivity contribution in [2.45, 2.75) is 24.0 Å². The Kier molecular flexibility index (Phi) is 7.08. The van der Waals surface area contributed by atoms with Gasteiger partial charge in [-0.05, 0) is 30.2 Å². The van der Waals surface area contributed by atoms with E-state index in [1.54, 1.807) is 23.9 Å². The van der Waals surface area contributed by atoms with Crippen LogP contribution >= 0.6 is 23.4 Å². The highest BCUT2D eigenvalue weighted by Crippen LogP contribution is 2.30. The van der Waals surface area contributed by atoms with E-state index in [1.807, 2.05) is 12.1 Å². The van der Waals surface area contributed by atoms with Gasteiger partial charge in [0.1, 0.15) is 5.82 Å². The Balaban J connectivity index is 1.17. The van der Waals surface area contributed by atoms with Gasteiger partial charge in [-0.25, -0.2) is 4.98 Å². The maximum atomic E-state index is 12.1. The number of β-amino-alcohol motifs (C(OH)–C–C–N with tert-alkyl or cyclic N) is 1. The van der Waals surface area contributed by atoms with E-state index in [4.69, 9.17) is 11.6 Å². The fourth-order valence-corrected chi connectivity index (χ4v) is 5.71. The molecular weight excluding hydrogens is 488 g/mol. The first-order chi connectivity index (χ1) is 16.9. The minimum atomic E-state index is -0.427. The number of aryl methyl sites for hydroxylation is 1.